The zero-order chi connectivity index (χ0) is 27.9. The average Bonchev–Trinajstić information content (AvgIpc) is 3.43. The highest BCUT2D eigenvalue weighted by Crippen LogP contribution is 2.25. The SMILES string of the molecule is Cn1c(=O)oc2ccc(CNC(=O)c3cc(C(=O)NCc4ccnc(C(F)(F)F)n4)n4ncc(F)c4n3)cc21. The first-order valence-electron chi connectivity index (χ1n) is 11.1. The van der Waals surface area contributed by atoms with E-state index in [9.17, 15) is 31.9 Å². The van der Waals surface area contributed by atoms with Crippen LogP contribution in [0.25, 0.3) is 16.7 Å². The van der Waals surface area contributed by atoms with Gasteiger partial charge < -0.3 is 15.1 Å². The third-order valence-electron chi connectivity index (χ3n) is 5.60. The lowest BCUT2D eigenvalue weighted by atomic mass is 10.2. The molecule has 5 rings (SSSR count). The predicted octanol–water partition coefficient (Wildman–Crippen LogP) is 1.98. The molecule has 4 aromatic heterocycles. The molecule has 5 aromatic rings. The number of rotatable bonds is 6. The van der Waals surface area contributed by atoms with Gasteiger partial charge in [-0.2, -0.15) is 18.3 Å². The molecule has 12 nitrogen and oxygen atoms in total. The number of aromatic nitrogens is 6. The van der Waals surface area contributed by atoms with Gasteiger partial charge in [-0.25, -0.2) is 28.7 Å². The van der Waals surface area contributed by atoms with E-state index in [0.29, 0.717) is 16.7 Å². The molecule has 2 amide bonds. The van der Waals surface area contributed by atoms with Crippen molar-refractivity contribution in [3.8, 4) is 0 Å². The van der Waals surface area contributed by atoms with Crippen LogP contribution in [0.15, 0.2) is 51.9 Å². The van der Waals surface area contributed by atoms with E-state index in [1.54, 1.807) is 18.2 Å². The zero-order valence-corrected chi connectivity index (χ0v) is 19.8. The molecular formula is C23H16F4N8O4. The highest BCUT2D eigenvalue weighted by molar-refractivity contribution is 5.98. The number of alkyl halides is 3. The first-order chi connectivity index (χ1) is 18.5. The summed E-state index contributed by atoms with van der Waals surface area (Å²) in [6.07, 6.45) is -3.07. The molecule has 0 saturated carbocycles. The minimum absolute atomic E-state index is 0.000468. The minimum atomic E-state index is -4.77. The highest BCUT2D eigenvalue weighted by atomic mass is 19.4. The fourth-order valence-corrected chi connectivity index (χ4v) is 3.66. The van der Waals surface area contributed by atoms with Crippen molar-refractivity contribution in [2.45, 2.75) is 19.3 Å². The molecule has 0 fully saturated rings. The second-order valence-corrected chi connectivity index (χ2v) is 8.22. The summed E-state index contributed by atoms with van der Waals surface area (Å²) >= 11 is 0. The summed E-state index contributed by atoms with van der Waals surface area (Å²) in [5.41, 5.74) is 0.339. The Morgan fingerprint density at radius 1 is 1.05 bits per heavy atom. The van der Waals surface area contributed by atoms with Crippen LogP contribution in [0, 0.1) is 5.82 Å². The molecule has 2 N–H and O–H groups in total. The Bertz CT molecular complexity index is 1810. The quantitative estimate of drug-likeness (QED) is 0.308. The van der Waals surface area contributed by atoms with Gasteiger partial charge in [0.1, 0.15) is 11.4 Å². The molecule has 4 heterocycles. The number of nitrogens with one attached hydrogen (secondary N) is 2. The average molecular weight is 544 g/mol. The lowest BCUT2D eigenvalue weighted by Gasteiger charge is -2.10. The number of fused-ring (bicyclic) bond motifs is 2. The number of halogens is 4. The largest absolute Gasteiger partial charge is 0.451 e. The normalized spacial score (nSPS) is 11.7. The molecule has 0 bridgehead atoms. The monoisotopic (exact) mass is 544 g/mol. The molecular weight excluding hydrogens is 528 g/mol. The van der Waals surface area contributed by atoms with Crippen molar-refractivity contribution < 1.29 is 31.6 Å². The van der Waals surface area contributed by atoms with Gasteiger partial charge >= 0.3 is 11.9 Å². The first-order valence-corrected chi connectivity index (χ1v) is 11.1. The van der Waals surface area contributed by atoms with E-state index in [1.165, 1.54) is 17.7 Å². The summed E-state index contributed by atoms with van der Waals surface area (Å²) in [5, 5.41) is 8.72. The van der Waals surface area contributed by atoms with Crippen LogP contribution in [0.3, 0.4) is 0 Å². The third-order valence-corrected chi connectivity index (χ3v) is 5.60. The Morgan fingerprint density at radius 3 is 2.59 bits per heavy atom. The summed E-state index contributed by atoms with van der Waals surface area (Å²) in [4.78, 5) is 47.9. The Kier molecular flexibility index (Phi) is 6.29. The number of carbonyl (C=O) groups excluding carboxylic acids is 2. The zero-order valence-electron chi connectivity index (χ0n) is 19.8. The lowest BCUT2D eigenvalue weighted by Crippen LogP contribution is -2.29. The van der Waals surface area contributed by atoms with Crippen molar-refractivity contribution in [3.63, 3.8) is 0 Å². The van der Waals surface area contributed by atoms with Crippen LogP contribution in [0.2, 0.25) is 0 Å². The van der Waals surface area contributed by atoms with Crippen LogP contribution in [0.4, 0.5) is 17.6 Å². The molecule has 0 atom stereocenters. The van der Waals surface area contributed by atoms with E-state index in [-0.39, 0.29) is 23.6 Å². The van der Waals surface area contributed by atoms with Gasteiger partial charge in [-0.3, -0.25) is 14.2 Å². The van der Waals surface area contributed by atoms with E-state index in [2.05, 4.69) is 30.7 Å². The van der Waals surface area contributed by atoms with Gasteiger partial charge in [-0.05, 0) is 23.8 Å². The Morgan fingerprint density at radius 2 is 1.82 bits per heavy atom. The van der Waals surface area contributed by atoms with Crippen molar-refractivity contribution in [2.24, 2.45) is 7.05 Å². The minimum Gasteiger partial charge on any atom is -0.408 e. The molecule has 16 heteroatoms. The highest BCUT2D eigenvalue weighted by Gasteiger charge is 2.34. The number of hydrogen-bond acceptors (Lipinski definition) is 8. The van der Waals surface area contributed by atoms with Crippen molar-refractivity contribution in [1.29, 1.82) is 0 Å². The van der Waals surface area contributed by atoms with Gasteiger partial charge in [0, 0.05) is 25.9 Å². The Balaban J connectivity index is 1.36. The topological polar surface area (TPSA) is 149 Å². The van der Waals surface area contributed by atoms with Crippen LogP contribution >= 0.6 is 0 Å². The summed E-state index contributed by atoms with van der Waals surface area (Å²) in [6.45, 7) is -0.419. The van der Waals surface area contributed by atoms with Crippen LogP contribution in [-0.4, -0.2) is 40.9 Å². The molecule has 0 spiro atoms. The number of carbonyl (C=O) groups is 2. The molecule has 0 radical (unpaired) electrons. The van der Waals surface area contributed by atoms with Crippen molar-refractivity contribution in [1.82, 2.24) is 39.8 Å². The molecule has 1 aromatic carbocycles. The molecule has 0 saturated heterocycles. The van der Waals surface area contributed by atoms with E-state index >= 15 is 0 Å². The lowest BCUT2D eigenvalue weighted by molar-refractivity contribution is -0.145. The Hall–Kier alpha value is -5.15. The summed E-state index contributed by atoms with van der Waals surface area (Å²) in [7, 11) is 1.53. The van der Waals surface area contributed by atoms with Crippen LogP contribution in [0.1, 0.15) is 38.1 Å². The van der Waals surface area contributed by atoms with E-state index in [4.69, 9.17) is 4.42 Å². The predicted molar refractivity (Wildman–Crippen MR) is 124 cm³/mol. The molecule has 0 unspecified atom stereocenters. The fourth-order valence-electron chi connectivity index (χ4n) is 3.66. The van der Waals surface area contributed by atoms with Gasteiger partial charge in [-0.1, -0.05) is 6.07 Å². The smallest absolute Gasteiger partial charge is 0.408 e. The number of aryl methyl sites for hydroxylation is 1. The number of hydrogen-bond donors (Lipinski definition) is 2. The van der Waals surface area contributed by atoms with Crippen molar-refractivity contribution >= 4 is 28.6 Å². The summed E-state index contributed by atoms with van der Waals surface area (Å²) in [5.74, 6) is -4.45. The van der Waals surface area contributed by atoms with Gasteiger partial charge in [-0.15, -0.1) is 0 Å². The maximum Gasteiger partial charge on any atom is 0.451 e. The molecule has 0 aliphatic carbocycles. The maximum absolute atomic E-state index is 14.3. The Labute approximate surface area is 214 Å². The van der Waals surface area contributed by atoms with Gasteiger partial charge in [0.15, 0.2) is 17.0 Å². The van der Waals surface area contributed by atoms with Crippen molar-refractivity contribution in [2.75, 3.05) is 0 Å². The molecule has 39 heavy (non-hydrogen) atoms. The number of amides is 2. The molecule has 0 aliphatic heterocycles. The van der Waals surface area contributed by atoms with Gasteiger partial charge in [0.05, 0.1) is 24.0 Å². The fraction of sp³-hybridized carbons (Fsp3) is 0.174. The second kappa shape index (κ2) is 9.62. The second-order valence-electron chi connectivity index (χ2n) is 8.22. The van der Waals surface area contributed by atoms with Gasteiger partial charge in [0.2, 0.25) is 5.82 Å². The van der Waals surface area contributed by atoms with Crippen molar-refractivity contribution in [3.05, 3.63) is 87.6 Å². The summed E-state index contributed by atoms with van der Waals surface area (Å²) in [6, 6.07) is 7.10. The number of oxazole rings is 1. The maximum atomic E-state index is 14.3. The van der Waals surface area contributed by atoms with E-state index in [1.807, 2.05) is 0 Å². The van der Waals surface area contributed by atoms with Crippen LogP contribution in [-0.2, 0) is 26.3 Å². The van der Waals surface area contributed by atoms with Crippen LogP contribution in [0.5, 0.6) is 0 Å². The first kappa shape index (κ1) is 25.5. The summed E-state index contributed by atoms with van der Waals surface area (Å²) < 4.78 is 60.1. The number of nitrogens with zero attached hydrogens (tertiary/aromatic N) is 6. The standard InChI is InChI=1S/C23H16F4N8O4/c1-34-15-6-11(2-3-17(15)39-22(34)38)8-29-19(36)14-7-16(35-18(33-14)13(24)10-31-35)20(37)30-9-12-4-5-28-21(32-12)23(25,26)27/h2-7,10H,8-9H2,1H3,(H,29,36)(H,30,37). The van der Waals surface area contributed by atoms with E-state index < -0.39 is 47.6 Å². The van der Waals surface area contributed by atoms with Gasteiger partial charge in [0.25, 0.3) is 11.8 Å². The number of benzene rings is 1. The molecule has 200 valence electrons. The van der Waals surface area contributed by atoms with E-state index in [0.717, 1.165) is 23.0 Å². The van der Waals surface area contributed by atoms with Crippen LogP contribution < -0.4 is 16.4 Å². The molecule has 0 aliphatic rings. The third kappa shape index (κ3) is 5.03.